The summed E-state index contributed by atoms with van der Waals surface area (Å²) >= 11 is 0. The zero-order valence-corrected chi connectivity index (χ0v) is 18.5. The van der Waals surface area contributed by atoms with E-state index >= 15 is 0 Å². The summed E-state index contributed by atoms with van der Waals surface area (Å²) in [6, 6.07) is 12.5. The molecule has 2 atom stereocenters. The number of hydrogen-bond acceptors (Lipinski definition) is 9. The van der Waals surface area contributed by atoms with Gasteiger partial charge >= 0.3 is 0 Å². The zero-order valence-electron chi connectivity index (χ0n) is 18.5. The normalized spacial score (nSPS) is 20.9. The second-order valence-corrected chi connectivity index (χ2v) is 9.10. The summed E-state index contributed by atoms with van der Waals surface area (Å²) in [6.45, 7) is 6.40. The molecule has 4 aromatic rings. The predicted octanol–water partition coefficient (Wildman–Crippen LogP) is 2.07. The van der Waals surface area contributed by atoms with Crippen LogP contribution in [0.25, 0.3) is 33.3 Å². The molecule has 6 rings (SSSR count). The van der Waals surface area contributed by atoms with E-state index in [4.69, 9.17) is 15.1 Å². The summed E-state index contributed by atoms with van der Waals surface area (Å²) in [6.07, 6.45) is 1.41. The SMILES string of the molecule is C[C@H]1CN(C(O)C2CN(c3cnc4ccc(-c5ccc6oc(N)nc6c5)cc4n3)C2)CCN1. The zero-order chi connectivity index (χ0) is 22.5. The first-order chi connectivity index (χ1) is 16.0. The van der Waals surface area contributed by atoms with Crippen LogP contribution in [-0.2, 0) is 0 Å². The van der Waals surface area contributed by atoms with Crippen molar-refractivity contribution in [3.63, 3.8) is 0 Å². The number of aliphatic hydroxyl groups is 1. The summed E-state index contributed by atoms with van der Waals surface area (Å²) in [5.74, 6) is 1.07. The van der Waals surface area contributed by atoms with Gasteiger partial charge in [-0.1, -0.05) is 12.1 Å². The Morgan fingerprint density at radius 1 is 1.06 bits per heavy atom. The molecule has 0 saturated carbocycles. The Morgan fingerprint density at radius 2 is 1.85 bits per heavy atom. The lowest BCUT2D eigenvalue weighted by Crippen LogP contribution is -2.61. The minimum absolute atomic E-state index is 0.167. The number of nitrogens with two attached hydrogens (primary N) is 1. The lowest BCUT2D eigenvalue weighted by molar-refractivity contribution is -0.0593. The highest BCUT2D eigenvalue weighted by Crippen LogP contribution is 2.30. The maximum atomic E-state index is 10.8. The van der Waals surface area contributed by atoms with Crippen LogP contribution in [0.5, 0.6) is 0 Å². The topological polar surface area (TPSA) is 117 Å². The Labute approximate surface area is 191 Å². The molecule has 2 aromatic heterocycles. The Morgan fingerprint density at radius 3 is 2.67 bits per heavy atom. The van der Waals surface area contributed by atoms with E-state index in [0.29, 0.717) is 11.6 Å². The number of aromatic nitrogens is 3. The number of rotatable bonds is 4. The van der Waals surface area contributed by atoms with E-state index < -0.39 is 6.23 Å². The third kappa shape index (κ3) is 3.78. The third-order valence-corrected chi connectivity index (χ3v) is 6.70. The van der Waals surface area contributed by atoms with Gasteiger partial charge in [0.05, 0.1) is 17.2 Å². The van der Waals surface area contributed by atoms with Gasteiger partial charge in [-0.2, -0.15) is 4.98 Å². The van der Waals surface area contributed by atoms with E-state index in [-0.39, 0.29) is 11.9 Å². The van der Waals surface area contributed by atoms with Gasteiger partial charge in [0.15, 0.2) is 5.58 Å². The number of piperazine rings is 1. The van der Waals surface area contributed by atoms with Crippen molar-refractivity contribution in [2.24, 2.45) is 5.92 Å². The van der Waals surface area contributed by atoms with Crippen LogP contribution in [0, 0.1) is 5.92 Å². The van der Waals surface area contributed by atoms with Crippen molar-refractivity contribution in [1.82, 2.24) is 25.2 Å². The number of benzene rings is 2. The van der Waals surface area contributed by atoms with Crippen molar-refractivity contribution in [2.75, 3.05) is 43.4 Å². The summed E-state index contributed by atoms with van der Waals surface area (Å²) < 4.78 is 5.37. The molecule has 0 radical (unpaired) electrons. The van der Waals surface area contributed by atoms with E-state index in [2.05, 4.69) is 32.0 Å². The van der Waals surface area contributed by atoms with Crippen LogP contribution in [0.2, 0.25) is 0 Å². The van der Waals surface area contributed by atoms with Crippen LogP contribution in [0.3, 0.4) is 0 Å². The number of hydrogen-bond donors (Lipinski definition) is 3. The Kier molecular flexibility index (Phi) is 4.90. The van der Waals surface area contributed by atoms with Crippen molar-refractivity contribution >= 4 is 34.0 Å². The molecule has 2 saturated heterocycles. The van der Waals surface area contributed by atoms with E-state index in [1.165, 1.54) is 0 Å². The fraction of sp³-hybridized carbons (Fsp3) is 0.375. The molecule has 2 fully saturated rings. The van der Waals surface area contributed by atoms with Gasteiger partial charge < -0.3 is 25.5 Å². The van der Waals surface area contributed by atoms with Gasteiger partial charge in [0.1, 0.15) is 17.6 Å². The van der Waals surface area contributed by atoms with Crippen molar-refractivity contribution in [1.29, 1.82) is 0 Å². The van der Waals surface area contributed by atoms with Gasteiger partial charge in [-0.15, -0.1) is 0 Å². The first kappa shape index (κ1) is 20.3. The van der Waals surface area contributed by atoms with Gasteiger partial charge in [-0.05, 0) is 42.3 Å². The minimum atomic E-state index is -0.411. The fourth-order valence-corrected chi connectivity index (χ4v) is 4.85. The number of aliphatic hydroxyl groups excluding tert-OH is 1. The van der Waals surface area contributed by atoms with E-state index in [9.17, 15) is 5.11 Å². The van der Waals surface area contributed by atoms with Gasteiger partial charge in [0, 0.05) is 44.7 Å². The maximum absolute atomic E-state index is 10.8. The molecular weight excluding hydrogens is 418 g/mol. The molecule has 9 heteroatoms. The molecule has 2 aromatic carbocycles. The van der Waals surface area contributed by atoms with Crippen molar-refractivity contribution in [3.05, 3.63) is 42.6 Å². The number of nitrogens with one attached hydrogen (secondary N) is 1. The smallest absolute Gasteiger partial charge is 0.292 e. The Hall–Kier alpha value is -3.27. The molecule has 4 N–H and O–H groups in total. The van der Waals surface area contributed by atoms with Crippen LogP contribution in [-0.4, -0.2) is 70.0 Å². The van der Waals surface area contributed by atoms with Crippen LogP contribution in [0.4, 0.5) is 11.8 Å². The van der Waals surface area contributed by atoms with Gasteiger partial charge in [-0.3, -0.25) is 9.88 Å². The molecule has 4 heterocycles. The first-order valence-corrected chi connectivity index (χ1v) is 11.4. The molecule has 0 aliphatic carbocycles. The third-order valence-electron chi connectivity index (χ3n) is 6.70. The molecule has 0 bridgehead atoms. The number of nitrogen functional groups attached to an aromatic ring is 1. The lowest BCUT2D eigenvalue weighted by Gasteiger charge is -2.46. The molecule has 33 heavy (non-hydrogen) atoms. The van der Waals surface area contributed by atoms with Gasteiger partial charge in [0.25, 0.3) is 6.01 Å². The highest BCUT2D eigenvalue weighted by molar-refractivity contribution is 5.86. The number of anilines is 2. The van der Waals surface area contributed by atoms with Crippen molar-refractivity contribution in [3.8, 4) is 11.1 Å². The molecule has 2 aliphatic rings. The summed E-state index contributed by atoms with van der Waals surface area (Å²) in [5, 5.41) is 14.2. The van der Waals surface area contributed by atoms with Crippen LogP contribution < -0.4 is 16.0 Å². The van der Waals surface area contributed by atoms with Crippen molar-refractivity contribution < 1.29 is 9.52 Å². The highest BCUT2D eigenvalue weighted by Gasteiger charge is 2.37. The molecule has 1 unspecified atom stereocenters. The average Bonchev–Trinajstić information content (AvgIpc) is 3.16. The van der Waals surface area contributed by atoms with Gasteiger partial charge in [-0.25, -0.2) is 4.98 Å². The largest absolute Gasteiger partial charge is 0.424 e. The van der Waals surface area contributed by atoms with Crippen LogP contribution in [0.1, 0.15) is 6.92 Å². The van der Waals surface area contributed by atoms with E-state index in [1.807, 2.05) is 42.6 Å². The minimum Gasteiger partial charge on any atom is -0.424 e. The number of nitrogens with zero attached hydrogens (tertiary/aromatic N) is 5. The Balaban J connectivity index is 1.20. The summed E-state index contributed by atoms with van der Waals surface area (Å²) in [7, 11) is 0. The molecule has 2 aliphatic heterocycles. The maximum Gasteiger partial charge on any atom is 0.292 e. The molecule has 170 valence electrons. The van der Waals surface area contributed by atoms with Crippen LogP contribution >= 0.6 is 0 Å². The quantitative estimate of drug-likeness (QED) is 0.434. The fourth-order valence-electron chi connectivity index (χ4n) is 4.85. The Bertz CT molecular complexity index is 1320. The van der Waals surface area contributed by atoms with E-state index in [1.54, 1.807) is 0 Å². The molecule has 9 nitrogen and oxygen atoms in total. The predicted molar refractivity (Wildman–Crippen MR) is 128 cm³/mol. The molecule has 0 spiro atoms. The second-order valence-electron chi connectivity index (χ2n) is 9.10. The van der Waals surface area contributed by atoms with Gasteiger partial charge in [0.2, 0.25) is 0 Å². The molecule has 0 amide bonds. The summed E-state index contributed by atoms with van der Waals surface area (Å²) in [5.41, 5.74) is 10.8. The average molecular weight is 446 g/mol. The lowest BCUT2D eigenvalue weighted by atomic mass is 9.96. The second kappa shape index (κ2) is 7.95. The monoisotopic (exact) mass is 445 g/mol. The first-order valence-electron chi connectivity index (χ1n) is 11.4. The van der Waals surface area contributed by atoms with Crippen molar-refractivity contribution in [2.45, 2.75) is 19.2 Å². The highest BCUT2D eigenvalue weighted by atomic mass is 16.4. The summed E-state index contributed by atoms with van der Waals surface area (Å²) in [4.78, 5) is 18.1. The molecular formula is C24H27N7O2. The number of oxazole rings is 1. The van der Waals surface area contributed by atoms with E-state index in [0.717, 1.165) is 66.2 Å². The van der Waals surface area contributed by atoms with Crippen LogP contribution in [0.15, 0.2) is 47.0 Å². The standard InChI is InChI=1S/C24H27N7O2/c1-14-11-30(7-6-26-14)23(32)17-12-31(13-17)22-10-27-18-4-2-15(8-19(18)28-22)16-3-5-21-20(9-16)29-24(25)33-21/h2-5,8-10,14,17,23,26,32H,6-7,11-13H2,1H3,(H2,25,29)/t14-,23?/m0/s1. The number of fused-ring (bicyclic) bond motifs is 2.